The van der Waals surface area contributed by atoms with Crippen molar-refractivity contribution < 1.29 is 0 Å². The highest BCUT2D eigenvalue weighted by Gasteiger charge is 2.12. The Morgan fingerprint density at radius 1 is 0.958 bits per heavy atom. The Hall–Kier alpha value is -2.04. The number of halogens is 1. The van der Waals surface area contributed by atoms with E-state index in [9.17, 15) is 0 Å². The molecule has 4 rings (SSSR count). The minimum atomic E-state index is 0.735. The first-order chi connectivity index (χ1) is 11.8. The van der Waals surface area contributed by atoms with E-state index in [1.54, 1.807) is 11.3 Å². The maximum Gasteiger partial charge on any atom is 0.187 e. The minimum Gasteiger partial charge on any atom is -0.372 e. The van der Waals surface area contributed by atoms with Gasteiger partial charge in [-0.1, -0.05) is 23.7 Å². The molecule has 3 nitrogen and oxygen atoms in total. The van der Waals surface area contributed by atoms with Crippen molar-refractivity contribution in [3.63, 3.8) is 0 Å². The number of aromatic nitrogens is 1. The standard InChI is InChI=1S/C19H18ClN3S/c20-15-5-7-16(8-6-15)21-19-22-18(13-24-19)14-3-9-17(10-4-14)23-11-1-2-12-23/h3-10,13H,1-2,11-12H2,(H,21,22). The third-order valence-corrected chi connectivity index (χ3v) is 5.24. The van der Waals surface area contributed by atoms with Gasteiger partial charge >= 0.3 is 0 Å². The Kier molecular flexibility index (Phi) is 4.41. The van der Waals surface area contributed by atoms with Gasteiger partial charge in [0.05, 0.1) is 5.69 Å². The van der Waals surface area contributed by atoms with Gasteiger partial charge in [0.15, 0.2) is 5.13 Å². The summed E-state index contributed by atoms with van der Waals surface area (Å²) in [5.41, 5.74) is 4.46. The number of thiazole rings is 1. The van der Waals surface area contributed by atoms with Gasteiger partial charge in [-0.2, -0.15) is 0 Å². The monoisotopic (exact) mass is 355 g/mol. The van der Waals surface area contributed by atoms with Gasteiger partial charge in [-0.15, -0.1) is 11.3 Å². The smallest absolute Gasteiger partial charge is 0.187 e. The van der Waals surface area contributed by atoms with Crippen molar-refractivity contribution in [3.05, 3.63) is 58.9 Å². The molecule has 1 saturated heterocycles. The van der Waals surface area contributed by atoms with E-state index < -0.39 is 0 Å². The maximum atomic E-state index is 5.91. The number of rotatable bonds is 4. The molecule has 0 saturated carbocycles. The van der Waals surface area contributed by atoms with E-state index in [-0.39, 0.29) is 0 Å². The molecular formula is C19H18ClN3S. The molecular weight excluding hydrogens is 338 g/mol. The van der Waals surface area contributed by atoms with Crippen LogP contribution < -0.4 is 10.2 Å². The SMILES string of the molecule is Clc1ccc(Nc2nc(-c3ccc(N4CCCC4)cc3)cs2)cc1. The van der Waals surface area contributed by atoms with Gasteiger partial charge in [-0.25, -0.2) is 4.98 Å². The summed E-state index contributed by atoms with van der Waals surface area (Å²) in [5.74, 6) is 0. The molecule has 0 amide bonds. The van der Waals surface area contributed by atoms with Crippen LogP contribution in [-0.4, -0.2) is 18.1 Å². The maximum absolute atomic E-state index is 5.91. The molecule has 1 aliphatic rings. The summed E-state index contributed by atoms with van der Waals surface area (Å²) < 4.78 is 0. The van der Waals surface area contributed by atoms with E-state index in [0.29, 0.717) is 0 Å². The van der Waals surface area contributed by atoms with Crippen LogP contribution in [0.25, 0.3) is 11.3 Å². The number of benzene rings is 2. The molecule has 1 N–H and O–H groups in total. The highest BCUT2D eigenvalue weighted by atomic mass is 35.5. The Morgan fingerprint density at radius 3 is 2.38 bits per heavy atom. The number of hydrogen-bond acceptors (Lipinski definition) is 4. The second-order valence-electron chi connectivity index (χ2n) is 5.91. The normalized spacial score (nSPS) is 14.1. The molecule has 0 bridgehead atoms. The molecule has 3 aromatic rings. The van der Waals surface area contributed by atoms with E-state index in [0.717, 1.165) is 27.1 Å². The molecule has 0 radical (unpaired) electrons. The molecule has 1 fully saturated rings. The summed E-state index contributed by atoms with van der Waals surface area (Å²) >= 11 is 7.52. The number of nitrogens with one attached hydrogen (secondary N) is 1. The Labute approximate surface area is 150 Å². The van der Waals surface area contributed by atoms with Crippen molar-refractivity contribution in [2.75, 3.05) is 23.3 Å². The predicted octanol–water partition coefficient (Wildman–Crippen LogP) is 5.81. The zero-order chi connectivity index (χ0) is 16.4. The van der Waals surface area contributed by atoms with Crippen LogP contribution in [0.15, 0.2) is 53.9 Å². The van der Waals surface area contributed by atoms with Crippen molar-refractivity contribution in [2.24, 2.45) is 0 Å². The van der Waals surface area contributed by atoms with Gasteiger partial charge in [0.25, 0.3) is 0 Å². The summed E-state index contributed by atoms with van der Waals surface area (Å²) in [4.78, 5) is 7.13. The molecule has 0 spiro atoms. The lowest BCUT2D eigenvalue weighted by Gasteiger charge is -2.17. The van der Waals surface area contributed by atoms with Crippen LogP contribution in [0.3, 0.4) is 0 Å². The third-order valence-electron chi connectivity index (χ3n) is 4.23. The van der Waals surface area contributed by atoms with Gasteiger partial charge in [0, 0.05) is 40.4 Å². The van der Waals surface area contributed by atoms with Crippen molar-refractivity contribution in [1.29, 1.82) is 0 Å². The second-order valence-corrected chi connectivity index (χ2v) is 7.21. The second kappa shape index (κ2) is 6.83. The summed E-state index contributed by atoms with van der Waals surface area (Å²) in [5, 5.41) is 7.02. The first-order valence-corrected chi connectivity index (χ1v) is 9.37. The molecule has 1 aromatic heterocycles. The van der Waals surface area contributed by atoms with E-state index in [1.165, 1.54) is 31.6 Å². The van der Waals surface area contributed by atoms with Gasteiger partial charge in [0.1, 0.15) is 0 Å². The van der Waals surface area contributed by atoms with Crippen molar-refractivity contribution in [3.8, 4) is 11.3 Å². The molecule has 0 unspecified atom stereocenters. The zero-order valence-electron chi connectivity index (χ0n) is 13.2. The lowest BCUT2D eigenvalue weighted by molar-refractivity contribution is 0.949. The predicted molar refractivity (Wildman–Crippen MR) is 104 cm³/mol. The van der Waals surface area contributed by atoms with E-state index in [2.05, 4.69) is 44.8 Å². The van der Waals surface area contributed by atoms with Gasteiger partial charge in [0.2, 0.25) is 0 Å². The van der Waals surface area contributed by atoms with E-state index in [1.807, 2.05) is 24.3 Å². The van der Waals surface area contributed by atoms with Gasteiger partial charge in [-0.3, -0.25) is 0 Å². The van der Waals surface area contributed by atoms with Gasteiger partial charge < -0.3 is 10.2 Å². The highest BCUT2D eigenvalue weighted by Crippen LogP contribution is 2.29. The molecule has 0 aliphatic carbocycles. The molecule has 24 heavy (non-hydrogen) atoms. The molecule has 122 valence electrons. The minimum absolute atomic E-state index is 0.735. The van der Waals surface area contributed by atoms with Crippen LogP contribution >= 0.6 is 22.9 Å². The number of anilines is 3. The van der Waals surface area contributed by atoms with Crippen LogP contribution in [-0.2, 0) is 0 Å². The van der Waals surface area contributed by atoms with Crippen LogP contribution in [0.2, 0.25) is 5.02 Å². The largest absolute Gasteiger partial charge is 0.372 e. The quantitative estimate of drug-likeness (QED) is 0.640. The summed E-state index contributed by atoms with van der Waals surface area (Å²) in [6, 6.07) is 16.4. The topological polar surface area (TPSA) is 28.2 Å². The lowest BCUT2D eigenvalue weighted by Crippen LogP contribution is -2.17. The first kappa shape index (κ1) is 15.5. The van der Waals surface area contributed by atoms with Crippen LogP contribution in [0.1, 0.15) is 12.8 Å². The average molecular weight is 356 g/mol. The summed E-state index contributed by atoms with van der Waals surface area (Å²) in [6.07, 6.45) is 2.60. The lowest BCUT2D eigenvalue weighted by atomic mass is 10.1. The number of nitrogens with zero attached hydrogens (tertiary/aromatic N) is 2. The molecule has 2 heterocycles. The first-order valence-electron chi connectivity index (χ1n) is 8.11. The van der Waals surface area contributed by atoms with Crippen LogP contribution in [0, 0.1) is 0 Å². The van der Waals surface area contributed by atoms with Crippen molar-refractivity contribution >= 4 is 39.4 Å². The van der Waals surface area contributed by atoms with Gasteiger partial charge in [-0.05, 0) is 49.2 Å². The highest BCUT2D eigenvalue weighted by molar-refractivity contribution is 7.14. The average Bonchev–Trinajstić information content (AvgIpc) is 3.29. The summed E-state index contributed by atoms with van der Waals surface area (Å²) in [7, 11) is 0. The molecule has 2 aromatic carbocycles. The Bertz CT molecular complexity index is 805. The Balaban J connectivity index is 1.48. The van der Waals surface area contributed by atoms with E-state index in [4.69, 9.17) is 11.6 Å². The zero-order valence-corrected chi connectivity index (χ0v) is 14.8. The van der Waals surface area contributed by atoms with Crippen LogP contribution in [0.4, 0.5) is 16.5 Å². The summed E-state index contributed by atoms with van der Waals surface area (Å²) in [6.45, 7) is 2.34. The van der Waals surface area contributed by atoms with Crippen molar-refractivity contribution in [1.82, 2.24) is 4.98 Å². The Morgan fingerprint density at radius 2 is 1.67 bits per heavy atom. The molecule has 5 heteroatoms. The fourth-order valence-electron chi connectivity index (χ4n) is 2.94. The van der Waals surface area contributed by atoms with Crippen molar-refractivity contribution in [2.45, 2.75) is 12.8 Å². The third kappa shape index (κ3) is 3.40. The fraction of sp³-hybridized carbons (Fsp3) is 0.211. The van der Waals surface area contributed by atoms with Crippen LogP contribution in [0.5, 0.6) is 0 Å². The number of hydrogen-bond donors (Lipinski definition) is 1. The fourth-order valence-corrected chi connectivity index (χ4v) is 3.80. The van der Waals surface area contributed by atoms with E-state index >= 15 is 0 Å². The molecule has 0 atom stereocenters. The molecule has 1 aliphatic heterocycles.